The van der Waals surface area contributed by atoms with Crippen molar-refractivity contribution in [2.75, 3.05) is 18.4 Å². The molecule has 112 valence electrons. The van der Waals surface area contributed by atoms with Gasteiger partial charge in [0.1, 0.15) is 0 Å². The average molecular weight is 300 g/mol. The molecular weight excluding hydrogens is 278 g/mol. The molecule has 0 spiro atoms. The molecular formula is C14H22ClN3O2. The molecule has 0 fully saturated rings. The van der Waals surface area contributed by atoms with Crippen molar-refractivity contribution in [3.63, 3.8) is 0 Å². The number of hydrogen-bond donors (Lipinski definition) is 3. The maximum Gasteiger partial charge on any atom is 0.243 e. The van der Waals surface area contributed by atoms with Crippen LogP contribution in [0.4, 0.5) is 5.69 Å². The Bertz CT molecular complexity index is 452. The van der Waals surface area contributed by atoms with Crippen molar-refractivity contribution >= 4 is 29.9 Å². The standard InChI is InChI=1S/C14H21N3O2.ClH/c1-3-11-5-4-6-12(7-11)17-13(18)9-16-14(19)10(2)8-15;/h4-7,10H,3,8-9,15H2,1-2H3,(H,16,19)(H,17,18);1H. The fourth-order valence-electron chi connectivity index (χ4n) is 1.52. The highest BCUT2D eigenvalue weighted by molar-refractivity contribution is 5.94. The molecule has 0 saturated heterocycles. The molecule has 1 aromatic rings. The smallest absolute Gasteiger partial charge is 0.243 e. The molecule has 6 heteroatoms. The topological polar surface area (TPSA) is 84.2 Å². The second kappa shape index (κ2) is 9.34. The van der Waals surface area contributed by atoms with Crippen molar-refractivity contribution in [3.05, 3.63) is 29.8 Å². The zero-order valence-corrected chi connectivity index (χ0v) is 12.6. The Labute approximate surface area is 125 Å². The summed E-state index contributed by atoms with van der Waals surface area (Å²) in [5.74, 6) is -0.734. The van der Waals surface area contributed by atoms with Crippen molar-refractivity contribution in [1.82, 2.24) is 5.32 Å². The lowest BCUT2D eigenvalue weighted by atomic mass is 10.1. The summed E-state index contributed by atoms with van der Waals surface area (Å²) in [7, 11) is 0. The third-order valence-corrected chi connectivity index (χ3v) is 2.84. The van der Waals surface area contributed by atoms with E-state index in [9.17, 15) is 9.59 Å². The molecule has 20 heavy (non-hydrogen) atoms. The van der Waals surface area contributed by atoms with Crippen molar-refractivity contribution in [2.24, 2.45) is 11.7 Å². The first-order valence-corrected chi connectivity index (χ1v) is 6.43. The van der Waals surface area contributed by atoms with Crippen molar-refractivity contribution in [2.45, 2.75) is 20.3 Å². The molecule has 1 atom stereocenters. The van der Waals surface area contributed by atoms with Crippen LogP contribution in [0.3, 0.4) is 0 Å². The second-order valence-corrected chi connectivity index (χ2v) is 4.46. The zero-order valence-electron chi connectivity index (χ0n) is 11.8. The van der Waals surface area contributed by atoms with Crippen LogP contribution in [0, 0.1) is 5.92 Å². The largest absolute Gasteiger partial charge is 0.347 e. The first kappa shape index (κ1) is 18.4. The predicted octanol–water partition coefficient (Wildman–Crippen LogP) is 1.32. The molecule has 0 aromatic heterocycles. The summed E-state index contributed by atoms with van der Waals surface area (Å²) in [4.78, 5) is 23.1. The van der Waals surface area contributed by atoms with Crippen LogP contribution in [0.15, 0.2) is 24.3 Å². The highest BCUT2D eigenvalue weighted by atomic mass is 35.5. The summed E-state index contributed by atoms with van der Waals surface area (Å²) < 4.78 is 0. The molecule has 1 unspecified atom stereocenters. The maximum absolute atomic E-state index is 11.7. The predicted molar refractivity (Wildman–Crippen MR) is 82.9 cm³/mol. The molecule has 2 amide bonds. The highest BCUT2D eigenvalue weighted by Crippen LogP contribution is 2.10. The van der Waals surface area contributed by atoms with Gasteiger partial charge in [-0.2, -0.15) is 0 Å². The van der Waals surface area contributed by atoms with E-state index in [1.54, 1.807) is 6.92 Å². The quantitative estimate of drug-likeness (QED) is 0.741. The van der Waals surface area contributed by atoms with E-state index < -0.39 is 0 Å². The number of anilines is 1. The number of nitrogens with two attached hydrogens (primary N) is 1. The molecule has 0 saturated carbocycles. The minimum atomic E-state index is -0.281. The first-order chi connectivity index (χ1) is 9.06. The Kier molecular flexibility index (Phi) is 8.59. The van der Waals surface area contributed by atoms with Crippen molar-refractivity contribution in [3.8, 4) is 0 Å². The summed E-state index contributed by atoms with van der Waals surface area (Å²) in [6, 6.07) is 7.63. The number of rotatable bonds is 6. The fourth-order valence-corrected chi connectivity index (χ4v) is 1.52. The van der Waals surface area contributed by atoms with E-state index in [1.165, 1.54) is 0 Å². The zero-order chi connectivity index (χ0) is 14.3. The third-order valence-electron chi connectivity index (χ3n) is 2.84. The van der Waals surface area contributed by atoms with Crippen LogP contribution in [-0.4, -0.2) is 24.9 Å². The number of carbonyl (C=O) groups is 2. The number of hydrogen-bond acceptors (Lipinski definition) is 3. The van der Waals surface area contributed by atoms with Crippen LogP contribution in [0.2, 0.25) is 0 Å². The van der Waals surface area contributed by atoms with Gasteiger partial charge in [-0.15, -0.1) is 12.4 Å². The van der Waals surface area contributed by atoms with Gasteiger partial charge in [-0.1, -0.05) is 26.0 Å². The van der Waals surface area contributed by atoms with Crippen LogP contribution in [0.1, 0.15) is 19.4 Å². The fraction of sp³-hybridized carbons (Fsp3) is 0.429. The molecule has 0 aliphatic rings. The molecule has 0 aliphatic heterocycles. The molecule has 1 rings (SSSR count). The van der Waals surface area contributed by atoms with E-state index in [0.29, 0.717) is 0 Å². The van der Waals surface area contributed by atoms with Crippen LogP contribution >= 0.6 is 12.4 Å². The Morgan fingerprint density at radius 2 is 2.05 bits per heavy atom. The van der Waals surface area contributed by atoms with Gasteiger partial charge in [0.2, 0.25) is 11.8 Å². The van der Waals surface area contributed by atoms with Crippen molar-refractivity contribution in [1.29, 1.82) is 0 Å². The van der Waals surface area contributed by atoms with Gasteiger partial charge in [-0.05, 0) is 24.1 Å². The molecule has 1 aromatic carbocycles. The van der Waals surface area contributed by atoms with E-state index >= 15 is 0 Å². The minimum absolute atomic E-state index is 0. The number of aryl methyl sites for hydroxylation is 1. The van der Waals surface area contributed by atoms with Gasteiger partial charge < -0.3 is 16.4 Å². The van der Waals surface area contributed by atoms with Gasteiger partial charge in [0.25, 0.3) is 0 Å². The molecule has 5 nitrogen and oxygen atoms in total. The second-order valence-electron chi connectivity index (χ2n) is 4.46. The van der Waals surface area contributed by atoms with Crippen LogP contribution in [-0.2, 0) is 16.0 Å². The van der Waals surface area contributed by atoms with Crippen LogP contribution in [0.5, 0.6) is 0 Å². The minimum Gasteiger partial charge on any atom is -0.347 e. The van der Waals surface area contributed by atoms with Gasteiger partial charge in [0.05, 0.1) is 6.54 Å². The lowest BCUT2D eigenvalue weighted by molar-refractivity contribution is -0.126. The van der Waals surface area contributed by atoms with E-state index in [1.807, 2.05) is 24.3 Å². The average Bonchev–Trinajstić information content (AvgIpc) is 2.44. The number of amides is 2. The van der Waals surface area contributed by atoms with Gasteiger partial charge >= 0.3 is 0 Å². The molecule has 0 heterocycles. The lowest BCUT2D eigenvalue weighted by Crippen LogP contribution is -2.38. The van der Waals surface area contributed by atoms with Gasteiger partial charge in [-0.3, -0.25) is 9.59 Å². The van der Waals surface area contributed by atoms with Gasteiger partial charge in [-0.25, -0.2) is 0 Å². The monoisotopic (exact) mass is 299 g/mol. The highest BCUT2D eigenvalue weighted by Gasteiger charge is 2.11. The van der Waals surface area contributed by atoms with E-state index in [4.69, 9.17) is 5.73 Å². The summed E-state index contributed by atoms with van der Waals surface area (Å²) in [5, 5.41) is 5.30. The summed E-state index contributed by atoms with van der Waals surface area (Å²) in [6.45, 7) is 4.00. The normalized spacial score (nSPS) is 11.2. The van der Waals surface area contributed by atoms with E-state index in [0.717, 1.165) is 17.7 Å². The molecule has 0 bridgehead atoms. The molecule has 0 aliphatic carbocycles. The summed E-state index contributed by atoms with van der Waals surface area (Å²) >= 11 is 0. The third kappa shape index (κ3) is 6.04. The number of benzene rings is 1. The lowest BCUT2D eigenvalue weighted by Gasteiger charge is -2.10. The number of carbonyl (C=O) groups excluding carboxylic acids is 2. The van der Waals surface area contributed by atoms with Crippen LogP contribution < -0.4 is 16.4 Å². The number of halogens is 1. The molecule has 0 radical (unpaired) electrons. The maximum atomic E-state index is 11.7. The summed E-state index contributed by atoms with van der Waals surface area (Å²) in [5.41, 5.74) is 7.27. The Morgan fingerprint density at radius 1 is 1.35 bits per heavy atom. The van der Waals surface area contributed by atoms with Crippen molar-refractivity contribution < 1.29 is 9.59 Å². The summed E-state index contributed by atoms with van der Waals surface area (Å²) in [6.07, 6.45) is 0.911. The Morgan fingerprint density at radius 3 is 2.65 bits per heavy atom. The van der Waals surface area contributed by atoms with Gasteiger partial charge in [0.15, 0.2) is 0 Å². The SMILES string of the molecule is CCc1cccc(NC(=O)CNC(=O)C(C)CN)c1.Cl. The van der Waals surface area contributed by atoms with Crippen LogP contribution in [0.25, 0.3) is 0 Å². The van der Waals surface area contributed by atoms with E-state index in [-0.39, 0.29) is 43.2 Å². The van der Waals surface area contributed by atoms with E-state index in [2.05, 4.69) is 17.6 Å². The first-order valence-electron chi connectivity index (χ1n) is 6.43. The number of nitrogens with one attached hydrogen (secondary N) is 2. The Hall–Kier alpha value is -1.59. The van der Waals surface area contributed by atoms with Gasteiger partial charge in [0, 0.05) is 18.2 Å². The molecule has 4 N–H and O–H groups in total. The Balaban J connectivity index is 0.00000361.